The molecule has 0 radical (unpaired) electrons. The summed E-state index contributed by atoms with van der Waals surface area (Å²) in [6, 6.07) is 6.11. The van der Waals surface area contributed by atoms with E-state index < -0.39 is 0 Å². The Labute approximate surface area is 91.2 Å². The van der Waals surface area contributed by atoms with Crippen molar-refractivity contribution in [2.24, 2.45) is 0 Å². The Hall–Kier alpha value is -1.57. The van der Waals surface area contributed by atoms with Crippen molar-refractivity contribution in [1.29, 1.82) is 0 Å². The maximum absolute atomic E-state index is 11.6. The number of nitrogens with zero attached hydrogens (tertiary/aromatic N) is 1. The van der Waals surface area contributed by atoms with Gasteiger partial charge in [0.2, 0.25) is 5.91 Å². The fourth-order valence-corrected chi connectivity index (χ4v) is 1.53. The molecule has 1 rings (SSSR count). The molecule has 0 saturated carbocycles. The molecule has 0 aliphatic rings. The van der Waals surface area contributed by atoms with E-state index in [9.17, 15) is 4.79 Å². The molecule has 1 aromatic carbocycles. The minimum Gasteiger partial charge on any atom is -0.312 e. The first-order valence-electron chi connectivity index (χ1n) is 5.03. The Balaban J connectivity index is 3.00. The molecule has 15 heavy (non-hydrogen) atoms. The zero-order valence-electron chi connectivity index (χ0n) is 9.74. The van der Waals surface area contributed by atoms with Gasteiger partial charge in [0.25, 0.3) is 0 Å². The highest BCUT2D eigenvalue weighted by Gasteiger charge is 2.07. The van der Waals surface area contributed by atoms with E-state index in [0.29, 0.717) is 0 Å². The molecule has 0 fully saturated rings. The van der Waals surface area contributed by atoms with Crippen LogP contribution in [0.2, 0.25) is 0 Å². The first kappa shape index (κ1) is 11.5. The smallest absolute Gasteiger partial charge is 0.250 e. The molecule has 0 unspecified atom stereocenters. The summed E-state index contributed by atoms with van der Waals surface area (Å²) in [4.78, 5) is 13.3. The van der Waals surface area contributed by atoms with Gasteiger partial charge in [0.15, 0.2) is 0 Å². The van der Waals surface area contributed by atoms with Crippen molar-refractivity contribution in [3.63, 3.8) is 0 Å². The molecular weight excluding hydrogens is 186 g/mol. The molecule has 0 N–H and O–H groups in total. The summed E-state index contributed by atoms with van der Waals surface area (Å²) in [5.74, 6) is 0.00231. The first-order valence-corrected chi connectivity index (χ1v) is 5.03. The Kier molecular flexibility index (Phi) is 3.67. The Bertz CT molecular complexity index is 373. The summed E-state index contributed by atoms with van der Waals surface area (Å²) in [5, 5.41) is 0. The normalized spacial score (nSPS) is 10.7. The van der Waals surface area contributed by atoms with Gasteiger partial charge in [0, 0.05) is 12.7 Å². The maximum Gasteiger partial charge on any atom is 0.250 e. The molecule has 0 bridgehead atoms. The Morgan fingerprint density at radius 1 is 1.20 bits per heavy atom. The third-order valence-electron chi connectivity index (χ3n) is 2.23. The van der Waals surface area contributed by atoms with Crippen molar-refractivity contribution in [3.05, 3.63) is 41.5 Å². The number of aryl methyl sites for hydroxylation is 2. The lowest BCUT2D eigenvalue weighted by molar-refractivity contribution is -0.113. The lowest BCUT2D eigenvalue weighted by Crippen LogP contribution is -2.24. The summed E-state index contributed by atoms with van der Waals surface area (Å²) in [6.45, 7) is 5.90. The molecule has 2 heteroatoms. The second-order valence-corrected chi connectivity index (χ2v) is 3.74. The van der Waals surface area contributed by atoms with Crippen LogP contribution in [0.25, 0.3) is 0 Å². The number of hydrogen-bond donors (Lipinski definition) is 0. The van der Waals surface area contributed by atoms with E-state index in [-0.39, 0.29) is 5.91 Å². The van der Waals surface area contributed by atoms with E-state index in [1.165, 1.54) is 11.1 Å². The second kappa shape index (κ2) is 4.78. The third kappa shape index (κ3) is 2.94. The molecule has 0 saturated heterocycles. The van der Waals surface area contributed by atoms with E-state index in [1.54, 1.807) is 24.1 Å². The molecule has 1 aromatic rings. The lowest BCUT2D eigenvalue weighted by Gasteiger charge is -2.16. The number of allylic oxidation sites excluding steroid dienone is 1. The van der Waals surface area contributed by atoms with E-state index in [0.717, 1.165) is 5.69 Å². The quantitative estimate of drug-likeness (QED) is 0.677. The van der Waals surface area contributed by atoms with Gasteiger partial charge in [0.05, 0.1) is 0 Å². The molecule has 0 aromatic heterocycles. The van der Waals surface area contributed by atoms with Crippen molar-refractivity contribution in [3.8, 4) is 0 Å². The van der Waals surface area contributed by atoms with Crippen molar-refractivity contribution < 1.29 is 4.79 Å². The van der Waals surface area contributed by atoms with Gasteiger partial charge >= 0.3 is 0 Å². The van der Waals surface area contributed by atoms with Gasteiger partial charge in [-0.1, -0.05) is 12.1 Å². The van der Waals surface area contributed by atoms with Crippen LogP contribution in [0.15, 0.2) is 30.4 Å². The van der Waals surface area contributed by atoms with Crippen LogP contribution in [0, 0.1) is 13.8 Å². The highest BCUT2D eigenvalue weighted by Crippen LogP contribution is 2.17. The van der Waals surface area contributed by atoms with Gasteiger partial charge in [0.1, 0.15) is 0 Å². The van der Waals surface area contributed by atoms with Crippen LogP contribution in [-0.2, 0) is 4.79 Å². The zero-order chi connectivity index (χ0) is 11.4. The molecule has 0 atom stereocenters. The van der Waals surface area contributed by atoms with Crippen molar-refractivity contribution >= 4 is 11.6 Å². The topological polar surface area (TPSA) is 20.3 Å². The van der Waals surface area contributed by atoms with Gasteiger partial charge in [-0.25, -0.2) is 0 Å². The van der Waals surface area contributed by atoms with Crippen LogP contribution < -0.4 is 4.90 Å². The van der Waals surface area contributed by atoms with E-state index in [4.69, 9.17) is 0 Å². The van der Waals surface area contributed by atoms with Crippen LogP contribution in [0.3, 0.4) is 0 Å². The van der Waals surface area contributed by atoms with Crippen LogP contribution in [-0.4, -0.2) is 13.0 Å². The standard InChI is InChI=1S/C13H17NO/c1-5-6-13(15)14(4)12-8-10(2)7-11(3)9-12/h5-9H,1-4H3. The number of carbonyl (C=O) groups is 1. The summed E-state index contributed by atoms with van der Waals surface area (Å²) in [5.41, 5.74) is 3.28. The molecule has 2 nitrogen and oxygen atoms in total. The van der Waals surface area contributed by atoms with E-state index in [1.807, 2.05) is 32.9 Å². The zero-order valence-corrected chi connectivity index (χ0v) is 9.74. The molecule has 0 heterocycles. The van der Waals surface area contributed by atoms with E-state index in [2.05, 4.69) is 6.07 Å². The minimum atomic E-state index is 0.00231. The highest BCUT2D eigenvalue weighted by molar-refractivity contribution is 6.01. The first-order chi connectivity index (χ1) is 7.04. The van der Waals surface area contributed by atoms with Gasteiger partial charge in [-0.2, -0.15) is 0 Å². The Morgan fingerprint density at radius 3 is 2.20 bits per heavy atom. The predicted molar refractivity (Wildman–Crippen MR) is 64.1 cm³/mol. The predicted octanol–water partition coefficient (Wildman–Crippen LogP) is 2.84. The average Bonchev–Trinajstić information content (AvgIpc) is 2.15. The van der Waals surface area contributed by atoms with Crippen LogP contribution in [0.4, 0.5) is 5.69 Å². The molecule has 0 spiro atoms. The van der Waals surface area contributed by atoms with Gasteiger partial charge in [-0.3, -0.25) is 4.79 Å². The molecule has 80 valence electrons. The van der Waals surface area contributed by atoms with Gasteiger partial charge in [-0.05, 0) is 50.1 Å². The lowest BCUT2D eigenvalue weighted by atomic mass is 10.1. The monoisotopic (exact) mass is 203 g/mol. The largest absolute Gasteiger partial charge is 0.312 e. The molecule has 0 aliphatic heterocycles. The summed E-state index contributed by atoms with van der Waals surface area (Å²) in [7, 11) is 1.79. The van der Waals surface area contributed by atoms with Crippen molar-refractivity contribution in [2.45, 2.75) is 20.8 Å². The minimum absolute atomic E-state index is 0.00231. The number of rotatable bonds is 2. The van der Waals surface area contributed by atoms with Crippen molar-refractivity contribution in [1.82, 2.24) is 0 Å². The number of benzene rings is 1. The summed E-state index contributed by atoms with van der Waals surface area (Å²) < 4.78 is 0. The van der Waals surface area contributed by atoms with Crippen LogP contribution in [0.1, 0.15) is 18.1 Å². The van der Waals surface area contributed by atoms with E-state index >= 15 is 0 Å². The number of likely N-dealkylation sites (N-methyl/N-ethyl adjacent to an activating group) is 1. The summed E-state index contributed by atoms with van der Waals surface area (Å²) >= 11 is 0. The fraction of sp³-hybridized carbons (Fsp3) is 0.308. The van der Waals surface area contributed by atoms with Crippen LogP contribution in [0.5, 0.6) is 0 Å². The number of amides is 1. The maximum atomic E-state index is 11.6. The average molecular weight is 203 g/mol. The van der Waals surface area contributed by atoms with Gasteiger partial charge in [-0.15, -0.1) is 0 Å². The molecule has 1 amide bonds. The molecule has 0 aliphatic carbocycles. The van der Waals surface area contributed by atoms with Crippen molar-refractivity contribution in [2.75, 3.05) is 11.9 Å². The summed E-state index contributed by atoms with van der Waals surface area (Å²) in [6.07, 6.45) is 3.32. The highest BCUT2D eigenvalue weighted by atomic mass is 16.2. The number of hydrogen-bond acceptors (Lipinski definition) is 1. The third-order valence-corrected chi connectivity index (χ3v) is 2.23. The SMILES string of the molecule is CC=CC(=O)N(C)c1cc(C)cc(C)c1. The van der Waals surface area contributed by atoms with Crippen LogP contribution >= 0.6 is 0 Å². The fourth-order valence-electron chi connectivity index (χ4n) is 1.53. The number of carbonyl (C=O) groups excluding carboxylic acids is 1. The second-order valence-electron chi connectivity index (χ2n) is 3.74. The van der Waals surface area contributed by atoms with Gasteiger partial charge < -0.3 is 4.90 Å². The molecular formula is C13H17NO. The Morgan fingerprint density at radius 2 is 1.73 bits per heavy atom. The number of anilines is 1.